The predicted octanol–water partition coefficient (Wildman–Crippen LogP) is 2.83. The Bertz CT molecular complexity index is 635. The van der Waals surface area contributed by atoms with Crippen molar-refractivity contribution in [1.82, 2.24) is 0 Å². The number of hydrogen-bond donors (Lipinski definition) is 0. The largest absolute Gasteiger partial charge is 1.00 e. The Balaban J connectivity index is 0. The van der Waals surface area contributed by atoms with Crippen molar-refractivity contribution in [3.05, 3.63) is 12.2 Å². The summed E-state index contributed by atoms with van der Waals surface area (Å²) in [6.07, 6.45) is 20.5. The molecule has 0 saturated carbocycles. The molecule has 0 radical (unpaired) electrons. The number of ether oxygens (including phenoxy) is 2. The van der Waals surface area contributed by atoms with Crippen LogP contribution in [0.25, 0.3) is 0 Å². The Hall–Kier alpha value is -0.410. The van der Waals surface area contributed by atoms with Gasteiger partial charge in [0.05, 0.1) is 13.0 Å². The summed E-state index contributed by atoms with van der Waals surface area (Å²) in [5.41, 5.74) is 0. The van der Waals surface area contributed by atoms with Gasteiger partial charge in [0.1, 0.15) is 16.7 Å². The average molecular weight is 513 g/mol. The number of allylic oxidation sites excluding steroid dienone is 1. The minimum Gasteiger partial charge on any atom is -0.747 e. The monoisotopic (exact) mass is 512 g/mol. The van der Waals surface area contributed by atoms with Crippen LogP contribution in [0.1, 0.15) is 117 Å². The topological polar surface area (TPSA) is 110 Å². The van der Waals surface area contributed by atoms with E-state index in [1.807, 2.05) is 0 Å². The van der Waals surface area contributed by atoms with Crippen molar-refractivity contribution < 1.29 is 61.6 Å². The van der Waals surface area contributed by atoms with Crippen molar-refractivity contribution in [2.75, 3.05) is 13.2 Å². The van der Waals surface area contributed by atoms with Gasteiger partial charge >= 0.3 is 41.5 Å². The molecule has 34 heavy (non-hydrogen) atoms. The summed E-state index contributed by atoms with van der Waals surface area (Å²) in [4.78, 5) is 23.6. The third-order valence-electron chi connectivity index (χ3n) is 5.53. The van der Waals surface area contributed by atoms with E-state index in [0.29, 0.717) is 6.42 Å². The minimum absolute atomic E-state index is 0. The first-order valence-electron chi connectivity index (χ1n) is 12.7. The zero-order valence-electron chi connectivity index (χ0n) is 21.7. The van der Waals surface area contributed by atoms with Gasteiger partial charge in [-0.25, -0.2) is 8.42 Å². The van der Waals surface area contributed by atoms with Crippen LogP contribution in [-0.4, -0.2) is 43.4 Å². The Morgan fingerprint density at radius 2 is 1.24 bits per heavy atom. The molecule has 0 aliphatic rings. The van der Waals surface area contributed by atoms with Crippen LogP contribution in [0.15, 0.2) is 12.2 Å². The van der Waals surface area contributed by atoms with E-state index in [2.05, 4.69) is 6.92 Å². The molecule has 1 atom stereocenters. The fourth-order valence-electron chi connectivity index (χ4n) is 3.49. The van der Waals surface area contributed by atoms with Gasteiger partial charge in [0.25, 0.3) is 0 Å². The van der Waals surface area contributed by atoms with Gasteiger partial charge < -0.3 is 14.0 Å². The van der Waals surface area contributed by atoms with Gasteiger partial charge in [-0.1, -0.05) is 109 Å². The zero-order valence-corrected chi connectivity index (χ0v) is 24.5. The van der Waals surface area contributed by atoms with Crippen LogP contribution in [-0.2, 0) is 29.2 Å². The van der Waals surface area contributed by atoms with Gasteiger partial charge in [0.2, 0.25) is 0 Å². The molecule has 0 spiro atoms. The van der Waals surface area contributed by atoms with Crippen molar-refractivity contribution in [3.8, 4) is 0 Å². The van der Waals surface area contributed by atoms with Crippen molar-refractivity contribution in [1.29, 1.82) is 0 Å². The summed E-state index contributed by atoms with van der Waals surface area (Å²) >= 11 is 0. The summed E-state index contributed by atoms with van der Waals surface area (Å²) in [7, 11) is -5.01. The fraction of sp³-hybridized carbons (Fsp3) is 0.840. The molecule has 0 rings (SSSR count). The maximum Gasteiger partial charge on any atom is 1.00 e. The van der Waals surface area contributed by atoms with Crippen molar-refractivity contribution >= 4 is 22.1 Å². The van der Waals surface area contributed by atoms with Crippen LogP contribution in [0.2, 0.25) is 0 Å². The van der Waals surface area contributed by atoms with Crippen LogP contribution < -0.4 is 29.6 Å². The Labute approximate surface area is 229 Å². The summed E-state index contributed by atoms with van der Waals surface area (Å²) in [5, 5.41) is -2.06. The van der Waals surface area contributed by atoms with Crippen LogP contribution >= 0.6 is 0 Å². The Morgan fingerprint density at radius 3 is 1.65 bits per heavy atom. The SMILES string of the molecule is C/C=C/COC(=O)CC(C(=O)OCCCCCCCCCCCCCCCCC)S(=O)(=O)[O-].[Na+]. The minimum atomic E-state index is -5.01. The van der Waals surface area contributed by atoms with Crippen LogP contribution in [0.3, 0.4) is 0 Å². The first-order valence-corrected chi connectivity index (χ1v) is 14.2. The fourth-order valence-corrected chi connectivity index (χ4v) is 4.13. The smallest absolute Gasteiger partial charge is 0.747 e. The standard InChI is InChI=1S/C25H46O7S.Na/c1-3-5-7-8-9-10-11-12-13-14-15-16-17-18-19-21-32-25(27)23(33(28,29)30)22-24(26)31-20-6-4-2;/h4,6,23H,3,5,7-22H2,1-2H3,(H,28,29,30);/q;+1/p-1/b6-4+;. The van der Waals surface area contributed by atoms with E-state index in [-0.39, 0.29) is 42.8 Å². The Morgan fingerprint density at radius 1 is 0.794 bits per heavy atom. The molecule has 0 heterocycles. The van der Waals surface area contributed by atoms with Crippen LogP contribution in [0.5, 0.6) is 0 Å². The van der Waals surface area contributed by atoms with Gasteiger partial charge in [0.15, 0.2) is 5.25 Å². The molecule has 0 bridgehead atoms. The maximum atomic E-state index is 12.0. The molecule has 194 valence electrons. The van der Waals surface area contributed by atoms with E-state index in [1.165, 1.54) is 70.6 Å². The normalized spacial score (nSPS) is 12.3. The number of esters is 2. The quantitative estimate of drug-likeness (QED) is 0.0721. The van der Waals surface area contributed by atoms with Gasteiger partial charge in [-0.15, -0.1) is 0 Å². The van der Waals surface area contributed by atoms with Crippen molar-refractivity contribution in [2.45, 2.75) is 122 Å². The molecule has 0 aromatic rings. The molecule has 1 unspecified atom stereocenters. The zero-order chi connectivity index (χ0) is 24.8. The molecular weight excluding hydrogens is 467 g/mol. The third-order valence-corrected chi connectivity index (χ3v) is 6.59. The molecule has 0 aliphatic heterocycles. The summed E-state index contributed by atoms with van der Waals surface area (Å²) < 4.78 is 43.7. The number of carbonyl (C=O) groups excluding carboxylic acids is 2. The van der Waals surface area contributed by atoms with Gasteiger partial charge in [0, 0.05) is 0 Å². The van der Waals surface area contributed by atoms with Gasteiger partial charge in [-0.05, 0) is 13.3 Å². The van der Waals surface area contributed by atoms with E-state index < -0.39 is 33.7 Å². The van der Waals surface area contributed by atoms with E-state index in [1.54, 1.807) is 19.1 Å². The Kier molecular flexibility index (Phi) is 25.5. The van der Waals surface area contributed by atoms with Crippen molar-refractivity contribution in [3.63, 3.8) is 0 Å². The second-order valence-electron chi connectivity index (χ2n) is 8.55. The van der Waals surface area contributed by atoms with E-state index in [4.69, 9.17) is 9.47 Å². The van der Waals surface area contributed by atoms with E-state index >= 15 is 0 Å². The molecule has 0 saturated heterocycles. The number of carbonyl (C=O) groups is 2. The molecule has 0 aliphatic carbocycles. The molecule has 0 aromatic carbocycles. The van der Waals surface area contributed by atoms with E-state index in [0.717, 1.165) is 19.3 Å². The molecular formula is C25H45NaO7S. The average Bonchev–Trinajstić information content (AvgIpc) is 2.76. The number of hydrogen-bond acceptors (Lipinski definition) is 7. The number of rotatable bonds is 22. The van der Waals surface area contributed by atoms with E-state index in [9.17, 15) is 22.6 Å². The number of unbranched alkanes of at least 4 members (excludes halogenated alkanes) is 14. The molecule has 7 nitrogen and oxygen atoms in total. The third kappa shape index (κ3) is 22.1. The maximum absolute atomic E-state index is 12.0. The summed E-state index contributed by atoms with van der Waals surface area (Å²) in [6, 6.07) is 0. The summed E-state index contributed by atoms with van der Waals surface area (Å²) in [6.45, 7) is 3.96. The molecule has 0 aromatic heterocycles. The van der Waals surface area contributed by atoms with Crippen LogP contribution in [0, 0.1) is 0 Å². The predicted molar refractivity (Wildman–Crippen MR) is 130 cm³/mol. The molecule has 0 N–H and O–H groups in total. The second-order valence-corrected chi connectivity index (χ2v) is 10.1. The first kappa shape index (κ1) is 35.8. The van der Waals surface area contributed by atoms with Crippen molar-refractivity contribution in [2.24, 2.45) is 0 Å². The van der Waals surface area contributed by atoms with Gasteiger partial charge in [-0.3, -0.25) is 9.59 Å². The molecule has 9 heteroatoms. The first-order chi connectivity index (χ1) is 15.8. The van der Waals surface area contributed by atoms with Gasteiger partial charge in [-0.2, -0.15) is 0 Å². The second kappa shape index (κ2) is 24.3. The summed E-state index contributed by atoms with van der Waals surface area (Å²) in [5.74, 6) is -2.11. The van der Waals surface area contributed by atoms with Crippen LogP contribution in [0.4, 0.5) is 0 Å². The molecule has 0 amide bonds. The molecule has 0 fully saturated rings.